The maximum Gasteiger partial charge on any atom is 0.243 e. The predicted octanol–water partition coefficient (Wildman–Crippen LogP) is 2.77. The van der Waals surface area contributed by atoms with Gasteiger partial charge in [-0.3, -0.25) is 0 Å². The van der Waals surface area contributed by atoms with Crippen molar-refractivity contribution in [1.82, 2.24) is 4.31 Å². The van der Waals surface area contributed by atoms with Gasteiger partial charge in [0.25, 0.3) is 0 Å². The molecule has 1 aliphatic heterocycles. The highest BCUT2D eigenvalue weighted by atomic mass is 35.5. The topological polar surface area (TPSA) is 63.4 Å². The molecule has 0 saturated carbocycles. The summed E-state index contributed by atoms with van der Waals surface area (Å²) in [6.07, 6.45) is 0.782. The van der Waals surface area contributed by atoms with Gasteiger partial charge in [0.1, 0.15) is 0 Å². The summed E-state index contributed by atoms with van der Waals surface area (Å²) in [6.45, 7) is 2.83. The molecule has 4 nitrogen and oxygen atoms in total. The lowest BCUT2D eigenvalue weighted by molar-refractivity contribution is 0.404. The van der Waals surface area contributed by atoms with Gasteiger partial charge >= 0.3 is 0 Å². The minimum absolute atomic E-state index is 0. The fourth-order valence-corrected chi connectivity index (χ4v) is 4.87. The van der Waals surface area contributed by atoms with Gasteiger partial charge < -0.3 is 5.73 Å². The molecule has 0 bridgehead atoms. The lowest BCUT2D eigenvalue weighted by atomic mass is 10.1. The molecule has 1 fully saturated rings. The minimum atomic E-state index is -3.57. The number of hydrogen-bond donors (Lipinski definition) is 1. The van der Waals surface area contributed by atoms with Crippen molar-refractivity contribution in [3.05, 3.63) is 28.2 Å². The fourth-order valence-electron chi connectivity index (χ4n) is 2.43. The van der Waals surface area contributed by atoms with Crippen LogP contribution in [0.5, 0.6) is 0 Å². The van der Waals surface area contributed by atoms with Crippen molar-refractivity contribution in [2.45, 2.75) is 24.3 Å². The summed E-state index contributed by atoms with van der Waals surface area (Å²) in [5.41, 5.74) is 5.62. The third-order valence-electron chi connectivity index (χ3n) is 3.38. The molecule has 20 heavy (non-hydrogen) atoms. The van der Waals surface area contributed by atoms with Crippen molar-refractivity contribution in [1.29, 1.82) is 0 Å². The highest BCUT2D eigenvalue weighted by molar-refractivity contribution is 7.89. The third-order valence-corrected chi connectivity index (χ3v) is 5.77. The van der Waals surface area contributed by atoms with Gasteiger partial charge in [0.05, 0.1) is 4.90 Å². The van der Waals surface area contributed by atoms with Crippen LogP contribution in [0.3, 0.4) is 0 Å². The molecule has 1 aromatic rings. The lowest BCUT2D eigenvalue weighted by Crippen LogP contribution is -2.34. The second kappa shape index (κ2) is 6.81. The summed E-state index contributed by atoms with van der Waals surface area (Å²) >= 11 is 11.7. The molecule has 1 aliphatic rings. The summed E-state index contributed by atoms with van der Waals surface area (Å²) in [4.78, 5) is 0.134. The Morgan fingerprint density at radius 3 is 2.30 bits per heavy atom. The van der Waals surface area contributed by atoms with Crippen molar-refractivity contribution in [3.63, 3.8) is 0 Å². The van der Waals surface area contributed by atoms with Crippen LogP contribution < -0.4 is 5.73 Å². The van der Waals surface area contributed by atoms with Crippen LogP contribution in [-0.4, -0.2) is 31.9 Å². The van der Waals surface area contributed by atoms with Gasteiger partial charge in [-0.15, -0.1) is 12.4 Å². The van der Waals surface area contributed by atoms with E-state index in [1.165, 1.54) is 22.5 Å². The van der Waals surface area contributed by atoms with Gasteiger partial charge in [0.2, 0.25) is 10.0 Å². The van der Waals surface area contributed by atoms with E-state index in [-0.39, 0.29) is 29.3 Å². The fraction of sp³-hybridized carbons (Fsp3) is 0.500. The number of nitrogens with zero attached hydrogens (tertiary/aromatic N) is 1. The first-order chi connectivity index (χ1) is 8.84. The molecule has 1 heterocycles. The zero-order chi connectivity index (χ0) is 14.2. The van der Waals surface area contributed by atoms with E-state index in [0.717, 1.165) is 6.42 Å². The normalized spacial score (nSPS) is 23.6. The Hall–Kier alpha value is -0.0400. The molecule has 1 saturated heterocycles. The Bertz CT molecular complexity index is 560. The molecule has 0 radical (unpaired) electrons. The van der Waals surface area contributed by atoms with Crippen LogP contribution in [0.2, 0.25) is 10.0 Å². The summed E-state index contributed by atoms with van der Waals surface area (Å²) in [5.74, 6) is 0.208. The summed E-state index contributed by atoms with van der Waals surface area (Å²) < 4.78 is 26.6. The van der Waals surface area contributed by atoms with Gasteiger partial charge in [-0.2, -0.15) is 4.31 Å². The largest absolute Gasteiger partial charge is 0.330 e. The van der Waals surface area contributed by atoms with E-state index in [4.69, 9.17) is 28.9 Å². The molecule has 2 rings (SSSR count). The van der Waals surface area contributed by atoms with Crippen molar-refractivity contribution in [2.75, 3.05) is 13.1 Å². The number of hydrogen-bond acceptors (Lipinski definition) is 3. The molecule has 2 N–H and O–H groups in total. The first kappa shape index (κ1) is 18.0. The van der Waals surface area contributed by atoms with E-state index < -0.39 is 10.0 Å². The highest BCUT2D eigenvalue weighted by Crippen LogP contribution is 2.31. The van der Waals surface area contributed by atoms with Crippen LogP contribution in [0, 0.1) is 5.92 Å². The van der Waals surface area contributed by atoms with Crippen molar-refractivity contribution in [3.8, 4) is 0 Å². The number of benzene rings is 1. The second-order valence-electron chi connectivity index (χ2n) is 4.87. The molecule has 0 aromatic heterocycles. The summed E-state index contributed by atoms with van der Waals surface area (Å²) in [7, 11) is -3.57. The average molecular weight is 360 g/mol. The van der Waals surface area contributed by atoms with E-state index in [2.05, 4.69) is 0 Å². The first-order valence-electron chi connectivity index (χ1n) is 6.02. The van der Waals surface area contributed by atoms with E-state index in [0.29, 0.717) is 23.1 Å². The average Bonchev–Trinajstić information content (AvgIpc) is 2.70. The molecule has 2 unspecified atom stereocenters. The van der Waals surface area contributed by atoms with E-state index in [1.807, 2.05) is 6.92 Å². The monoisotopic (exact) mass is 358 g/mol. The van der Waals surface area contributed by atoms with E-state index >= 15 is 0 Å². The Morgan fingerprint density at radius 1 is 1.30 bits per heavy atom. The quantitative estimate of drug-likeness (QED) is 0.902. The van der Waals surface area contributed by atoms with E-state index in [1.54, 1.807) is 0 Å². The number of halogens is 3. The van der Waals surface area contributed by atoms with E-state index in [9.17, 15) is 8.42 Å². The van der Waals surface area contributed by atoms with Crippen LogP contribution in [0.15, 0.2) is 23.1 Å². The summed E-state index contributed by atoms with van der Waals surface area (Å²) in [6, 6.07) is 4.30. The van der Waals surface area contributed by atoms with Gasteiger partial charge in [0.15, 0.2) is 0 Å². The van der Waals surface area contributed by atoms with Crippen LogP contribution in [0.25, 0.3) is 0 Å². The Labute approximate surface area is 135 Å². The number of nitrogens with two attached hydrogens (primary N) is 1. The van der Waals surface area contributed by atoms with Gasteiger partial charge in [-0.05, 0) is 44.0 Å². The molecule has 0 aliphatic carbocycles. The van der Waals surface area contributed by atoms with Crippen LogP contribution >= 0.6 is 35.6 Å². The Morgan fingerprint density at radius 2 is 1.85 bits per heavy atom. The molecule has 2 atom stereocenters. The molecule has 8 heteroatoms. The highest BCUT2D eigenvalue weighted by Gasteiger charge is 2.37. The summed E-state index contributed by atoms with van der Waals surface area (Å²) in [5, 5.41) is 0.626. The van der Waals surface area contributed by atoms with Crippen LogP contribution in [0.4, 0.5) is 0 Å². The molecular weight excluding hydrogens is 343 g/mol. The third kappa shape index (κ3) is 3.59. The molecule has 1 aromatic carbocycles. The predicted molar refractivity (Wildman–Crippen MR) is 84.2 cm³/mol. The molecular formula is C12H17Cl3N2O2S. The van der Waals surface area contributed by atoms with Gasteiger partial charge in [-0.1, -0.05) is 23.2 Å². The maximum atomic E-state index is 12.6. The van der Waals surface area contributed by atoms with Gasteiger partial charge in [-0.25, -0.2) is 8.42 Å². The van der Waals surface area contributed by atoms with Crippen LogP contribution in [0.1, 0.15) is 13.3 Å². The zero-order valence-electron chi connectivity index (χ0n) is 10.9. The van der Waals surface area contributed by atoms with Crippen molar-refractivity contribution < 1.29 is 8.42 Å². The first-order valence-corrected chi connectivity index (χ1v) is 8.22. The van der Waals surface area contributed by atoms with Gasteiger partial charge in [0, 0.05) is 22.6 Å². The standard InChI is InChI=1S/C12H16Cl2N2O2S.ClH/c1-8-2-9(6-15)7-16(8)19(17,18)12-4-10(13)3-11(14)5-12;/h3-5,8-9H,2,6-7,15H2,1H3;1H. The smallest absolute Gasteiger partial charge is 0.243 e. The Kier molecular flexibility index (Phi) is 6.14. The number of rotatable bonds is 3. The second-order valence-corrected chi connectivity index (χ2v) is 7.63. The van der Waals surface area contributed by atoms with Crippen LogP contribution in [-0.2, 0) is 10.0 Å². The lowest BCUT2D eigenvalue weighted by Gasteiger charge is -2.21. The van der Waals surface area contributed by atoms with Crippen molar-refractivity contribution >= 4 is 45.6 Å². The van der Waals surface area contributed by atoms with Crippen molar-refractivity contribution in [2.24, 2.45) is 11.7 Å². The SMILES string of the molecule is CC1CC(CN)CN1S(=O)(=O)c1cc(Cl)cc(Cl)c1.Cl. The molecule has 0 spiro atoms. The molecule has 0 amide bonds. The minimum Gasteiger partial charge on any atom is -0.330 e. The molecule has 114 valence electrons. The Balaban J connectivity index is 0.00000200. The maximum absolute atomic E-state index is 12.6. The number of sulfonamides is 1. The zero-order valence-corrected chi connectivity index (χ0v) is 14.1.